The van der Waals surface area contributed by atoms with Crippen molar-refractivity contribution in [2.75, 3.05) is 5.32 Å². The third-order valence-corrected chi connectivity index (χ3v) is 3.46. The number of aromatic nitrogens is 2. The van der Waals surface area contributed by atoms with Crippen molar-refractivity contribution >= 4 is 23.1 Å². The summed E-state index contributed by atoms with van der Waals surface area (Å²) in [5, 5.41) is 4.35. The number of aryl methyl sites for hydroxylation is 1. The third kappa shape index (κ3) is 1.37. The van der Waals surface area contributed by atoms with Crippen molar-refractivity contribution in [1.29, 1.82) is 0 Å². The Kier molecular flexibility index (Phi) is 1.89. The van der Waals surface area contributed by atoms with E-state index >= 15 is 0 Å². The maximum Gasteiger partial charge on any atom is 0.128 e. The first-order chi connectivity index (χ1) is 7.34. The molecule has 74 valence electrons. The van der Waals surface area contributed by atoms with Gasteiger partial charge in [0, 0.05) is 4.90 Å². The minimum atomic E-state index is 0.989. The quantitative estimate of drug-likeness (QED) is 0.585. The maximum absolute atomic E-state index is 4.24. The lowest BCUT2D eigenvalue weighted by Crippen LogP contribution is -2.03. The fraction of sp³-hybridized carbons (Fsp3) is 0.0909. The molecule has 0 fully saturated rings. The van der Waals surface area contributed by atoms with Crippen LogP contribution in [-0.4, -0.2) is 9.97 Å². The third-order valence-electron chi connectivity index (χ3n) is 2.38. The van der Waals surface area contributed by atoms with Crippen molar-refractivity contribution in [1.82, 2.24) is 9.97 Å². The van der Waals surface area contributed by atoms with E-state index in [4.69, 9.17) is 0 Å². The van der Waals surface area contributed by atoms with Gasteiger partial charge in [0.25, 0.3) is 0 Å². The molecular weight excluding hydrogens is 206 g/mol. The summed E-state index contributed by atoms with van der Waals surface area (Å²) >= 11 is 1.68. The highest BCUT2D eigenvalue weighted by Crippen LogP contribution is 2.43. The molecule has 1 aromatic carbocycles. The van der Waals surface area contributed by atoms with Gasteiger partial charge in [-0.2, -0.15) is 0 Å². The first-order valence-electron chi connectivity index (χ1n) is 4.69. The zero-order valence-corrected chi connectivity index (χ0v) is 9.01. The number of hydrogen-bond donors (Lipinski definition) is 1. The number of nitrogens with zero attached hydrogens (tertiary/aromatic N) is 2. The summed E-state index contributed by atoms with van der Waals surface area (Å²) in [5.74, 6) is 0. The van der Waals surface area contributed by atoms with E-state index in [-0.39, 0.29) is 0 Å². The normalized spacial score (nSPS) is 12.6. The first kappa shape index (κ1) is 8.73. The molecule has 0 amide bonds. The molecule has 3 rings (SSSR count). The molecule has 1 aromatic heterocycles. The van der Waals surface area contributed by atoms with Gasteiger partial charge in [-0.3, -0.25) is 0 Å². The Morgan fingerprint density at radius 3 is 3.20 bits per heavy atom. The van der Waals surface area contributed by atoms with Gasteiger partial charge >= 0.3 is 0 Å². The molecule has 1 aliphatic heterocycles. The summed E-state index contributed by atoms with van der Waals surface area (Å²) in [5.41, 5.74) is 3.41. The van der Waals surface area contributed by atoms with Crippen LogP contribution in [0.4, 0.5) is 11.4 Å². The lowest BCUT2D eigenvalue weighted by molar-refractivity contribution is 1.04. The van der Waals surface area contributed by atoms with E-state index in [0.29, 0.717) is 0 Å². The largest absolute Gasteiger partial charge is 0.351 e. The molecule has 3 nitrogen and oxygen atoms in total. The maximum atomic E-state index is 4.24. The van der Waals surface area contributed by atoms with E-state index in [9.17, 15) is 0 Å². The lowest BCUT2D eigenvalue weighted by atomic mass is 10.2. The second-order valence-electron chi connectivity index (χ2n) is 3.42. The Labute approximate surface area is 92.0 Å². The summed E-state index contributed by atoms with van der Waals surface area (Å²) < 4.78 is 0. The first-order valence-corrected chi connectivity index (χ1v) is 5.51. The van der Waals surface area contributed by atoms with Crippen LogP contribution in [0.5, 0.6) is 0 Å². The van der Waals surface area contributed by atoms with E-state index in [1.165, 1.54) is 16.1 Å². The van der Waals surface area contributed by atoms with E-state index in [0.717, 1.165) is 10.7 Å². The van der Waals surface area contributed by atoms with Gasteiger partial charge in [-0.25, -0.2) is 9.97 Å². The van der Waals surface area contributed by atoms with Gasteiger partial charge in [-0.05, 0) is 18.6 Å². The average Bonchev–Trinajstić information content (AvgIpc) is 2.27. The molecule has 0 atom stereocenters. The van der Waals surface area contributed by atoms with Crippen LogP contribution in [0.3, 0.4) is 0 Å². The summed E-state index contributed by atoms with van der Waals surface area (Å²) in [4.78, 5) is 9.47. The van der Waals surface area contributed by atoms with Crippen LogP contribution in [0.2, 0.25) is 0 Å². The number of fused-ring (bicyclic) bond motifs is 2. The van der Waals surface area contributed by atoms with Gasteiger partial charge in [0.1, 0.15) is 11.4 Å². The number of benzene rings is 1. The molecule has 0 unspecified atom stereocenters. The smallest absolute Gasteiger partial charge is 0.128 e. The predicted octanol–water partition coefficient (Wildman–Crippen LogP) is 2.99. The average molecular weight is 215 g/mol. The molecular formula is C11H9N3S. The second-order valence-corrected chi connectivity index (χ2v) is 4.45. The fourth-order valence-corrected chi connectivity index (χ4v) is 2.59. The topological polar surface area (TPSA) is 37.8 Å². The highest BCUT2D eigenvalue weighted by Gasteiger charge is 2.17. The van der Waals surface area contributed by atoms with Gasteiger partial charge < -0.3 is 5.32 Å². The highest BCUT2D eigenvalue weighted by atomic mass is 32.2. The minimum absolute atomic E-state index is 0.989. The van der Waals surface area contributed by atoms with Crippen LogP contribution in [0, 0.1) is 6.92 Å². The van der Waals surface area contributed by atoms with E-state index in [1.807, 2.05) is 6.20 Å². The zero-order valence-electron chi connectivity index (χ0n) is 8.19. The van der Waals surface area contributed by atoms with Crippen LogP contribution in [0.1, 0.15) is 5.56 Å². The summed E-state index contributed by atoms with van der Waals surface area (Å²) in [6.45, 7) is 2.10. The molecule has 1 aliphatic rings. The van der Waals surface area contributed by atoms with E-state index in [2.05, 4.69) is 40.4 Å². The summed E-state index contributed by atoms with van der Waals surface area (Å²) in [7, 11) is 0. The Morgan fingerprint density at radius 2 is 2.27 bits per heavy atom. The van der Waals surface area contributed by atoms with Gasteiger partial charge in [0.2, 0.25) is 0 Å². The zero-order chi connectivity index (χ0) is 10.3. The Balaban J connectivity index is 2.15. The van der Waals surface area contributed by atoms with Gasteiger partial charge in [0.15, 0.2) is 0 Å². The molecule has 0 aliphatic carbocycles. The number of para-hydroxylation sites is 1. The van der Waals surface area contributed by atoms with Crippen molar-refractivity contribution in [2.45, 2.75) is 16.8 Å². The Bertz CT molecular complexity index is 525. The van der Waals surface area contributed by atoms with Crippen molar-refractivity contribution < 1.29 is 0 Å². The summed E-state index contributed by atoms with van der Waals surface area (Å²) in [6, 6.07) is 6.27. The molecule has 1 N–H and O–H groups in total. The Hall–Kier alpha value is -1.55. The van der Waals surface area contributed by atoms with Crippen LogP contribution in [0.15, 0.2) is 40.6 Å². The molecule has 15 heavy (non-hydrogen) atoms. The predicted molar refractivity (Wildman–Crippen MR) is 60.6 cm³/mol. The molecule has 0 saturated carbocycles. The summed E-state index contributed by atoms with van der Waals surface area (Å²) in [6.07, 6.45) is 3.39. The molecule has 0 radical (unpaired) electrons. The van der Waals surface area contributed by atoms with Crippen LogP contribution in [-0.2, 0) is 0 Å². The monoisotopic (exact) mass is 215 g/mol. The van der Waals surface area contributed by atoms with Crippen molar-refractivity contribution in [3.8, 4) is 0 Å². The molecule has 4 heteroatoms. The lowest BCUT2D eigenvalue weighted by Gasteiger charge is -2.20. The molecule has 0 saturated heterocycles. The van der Waals surface area contributed by atoms with Crippen molar-refractivity contribution in [2.24, 2.45) is 0 Å². The molecule has 0 bridgehead atoms. The fourth-order valence-electron chi connectivity index (χ4n) is 1.61. The number of hydrogen-bond acceptors (Lipinski definition) is 4. The van der Waals surface area contributed by atoms with Gasteiger partial charge in [0.05, 0.1) is 17.6 Å². The number of rotatable bonds is 0. The van der Waals surface area contributed by atoms with Crippen molar-refractivity contribution in [3.63, 3.8) is 0 Å². The van der Waals surface area contributed by atoms with Crippen LogP contribution >= 0.6 is 11.8 Å². The highest BCUT2D eigenvalue weighted by molar-refractivity contribution is 7.99. The van der Waals surface area contributed by atoms with Crippen LogP contribution in [0.25, 0.3) is 0 Å². The standard InChI is InChI=1S/C11H9N3S/c1-7-3-2-4-9-10(7)14-8-5-12-6-13-11(8)15-9/h2-6,14H,1H3. The van der Waals surface area contributed by atoms with Crippen LogP contribution < -0.4 is 5.32 Å². The molecule has 0 spiro atoms. The molecule has 2 heterocycles. The van der Waals surface area contributed by atoms with Gasteiger partial charge in [-0.15, -0.1) is 0 Å². The van der Waals surface area contributed by atoms with Gasteiger partial charge in [-0.1, -0.05) is 23.9 Å². The second kappa shape index (κ2) is 3.24. The Morgan fingerprint density at radius 1 is 1.33 bits per heavy atom. The number of nitrogens with one attached hydrogen (secondary N) is 1. The minimum Gasteiger partial charge on any atom is -0.351 e. The SMILES string of the molecule is Cc1cccc2c1Nc1cncnc1S2. The number of anilines is 2. The van der Waals surface area contributed by atoms with E-state index in [1.54, 1.807) is 18.1 Å². The molecule has 2 aromatic rings. The van der Waals surface area contributed by atoms with E-state index < -0.39 is 0 Å². The van der Waals surface area contributed by atoms with Crippen molar-refractivity contribution in [3.05, 3.63) is 36.3 Å².